The molecular weight excluding hydrogens is 356 g/mol. The number of hydrogen-bond acceptors (Lipinski definition) is 6. The average Bonchev–Trinajstić information content (AvgIpc) is 3.13. The number of thiophene rings is 1. The van der Waals surface area contributed by atoms with E-state index in [1.807, 2.05) is 0 Å². The fourth-order valence-electron chi connectivity index (χ4n) is 2.99. The summed E-state index contributed by atoms with van der Waals surface area (Å²) in [4.78, 5) is 37.1. The maximum absolute atomic E-state index is 12.2. The number of anilines is 1. The van der Waals surface area contributed by atoms with Crippen molar-refractivity contribution in [3.8, 4) is 0 Å². The zero-order valence-corrected chi connectivity index (χ0v) is 15.4. The van der Waals surface area contributed by atoms with Crippen LogP contribution in [-0.2, 0) is 29.4 Å². The van der Waals surface area contributed by atoms with Gasteiger partial charge in [0.2, 0.25) is 0 Å². The SMILES string of the molecule is Cc1c(C(=O)OCC(=O)Nc2sc3c(c2C(N)=O)CCCC3)cnn1C. The molecule has 9 heteroatoms. The molecule has 0 spiro atoms. The second-order valence-corrected chi connectivity index (χ2v) is 7.28. The number of amides is 2. The van der Waals surface area contributed by atoms with Gasteiger partial charge in [-0.3, -0.25) is 14.3 Å². The van der Waals surface area contributed by atoms with E-state index in [4.69, 9.17) is 10.5 Å². The van der Waals surface area contributed by atoms with Crippen LogP contribution in [0, 0.1) is 6.92 Å². The number of rotatable bonds is 5. The molecule has 0 radical (unpaired) electrons. The number of nitrogens with zero attached hydrogens (tertiary/aromatic N) is 2. The number of hydrogen-bond donors (Lipinski definition) is 2. The summed E-state index contributed by atoms with van der Waals surface area (Å²) in [6, 6.07) is 0. The summed E-state index contributed by atoms with van der Waals surface area (Å²) in [6.45, 7) is 1.28. The monoisotopic (exact) mass is 376 g/mol. The minimum Gasteiger partial charge on any atom is -0.452 e. The van der Waals surface area contributed by atoms with Gasteiger partial charge in [0.1, 0.15) is 10.6 Å². The smallest absolute Gasteiger partial charge is 0.342 e. The highest BCUT2D eigenvalue weighted by atomic mass is 32.1. The van der Waals surface area contributed by atoms with Crippen molar-refractivity contribution in [3.05, 3.63) is 33.5 Å². The van der Waals surface area contributed by atoms with Crippen LogP contribution in [0.5, 0.6) is 0 Å². The van der Waals surface area contributed by atoms with E-state index in [0.717, 1.165) is 36.1 Å². The second-order valence-electron chi connectivity index (χ2n) is 6.17. The maximum Gasteiger partial charge on any atom is 0.342 e. The number of ether oxygens (including phenoxy) is 1. The number of nitrogens with two attached hydrogens (primary N) is 1. The maximum atomic E-state index is 12.2. The summed E-state index contributed by atoms with van der Waals surface area (Å²) >= 11 is 1.37. The standard InChI is InChI=1S/C17H20N4O4S/c1-9-11(7-19-21(9)2)17(24)25-8-13(22)20-16-14(15(18)23)10-5-3-4-6-12(10)26-16/h7H,3-6,8H2,1-2H3,(H2,18,23)(H,20,22). The molecule has 1 aliphatic rings. The zero-order valence-electron chi connectivity index (χ0n) is 14.6. The average molecular weight is 376 g/mol. The van der Waals surface area contributed by atoms with E-state index in [1.165, 1.54) is 17.5 Å². The Labute approximate surface area is 154 Å². The molecule has 26 heavy (non-hydrogen) atoms. The fourth-order valence-corrected chi connectivity index (χ4v) is 4.30. The van der Waals surface area contributed by atoms with Crippen LogP contribution in [0.15, 0.2) is 6.20 Å². The van der Waals surface area contributed by atoms with Gasteiger partial charge in [-0.05, 0) is 38.2 Å². The zero-order chi connectivity index (χ0) is 18.8. The highest BCUT2D eigenvalue weighted by Crippen LogP contribution is 2.37. The van der Waals surface area contributed by atoms with Gasteiger partial charge in [-0.25, -0.2) is 4.79 Å². The summed E-state index contributed by atoms with van der Waals surface area (Å²) in [5.41, 5.74) is 7.78. The molecule has 0 atom stereocenters. The number of fused-ring (bicyclic) bond motifs is 1. The molecule has 0 saturated heterocycles. The quantitative estimate of drug-likeness (QED) is 0.768. The van der Waals surface area contributed by atoms with Gasteiger partial charge in [0.05, 0.1) is 11.8 Å². The first-order valence-corrected chi connectivity index (χ1v) is 9.10. The van der Waals surface area contributed by atoms with Crippen molar-refractivity contribution in [1.29, 1.82) is 0 Å². The van der Waals surface area contributed by atoms with Crippen molar-refractivity contribution in [1.82, 2.24) is 9.78 Å². The summed E-state index contributed by atoms with van der Waals surface area (Å²) in [5.74, 6) is -1.69. The predicted molar refractivity (Wildman–Crippen MR) is 96.3 cm³/mol. The molecular formula is C17H20N4O4S. The molecule has 1 aliphatic carbocycles. The number of aryl methyl sites for hydroxylation is 2. The minimum absolute atomic E-state index is 0.310. The lowest BCUT2D eigenvalue weighted by Crippen LogP contribution is -2.23. The van der Waals surface area contributed by atoms with E-state index in [2.05, 4.69) is 10.4 Å². The van der Waals surface area contributed by atoms with Crippen LogP contribution in [0.25, 0.3) is 0 Å². The molecule has 3 rings (SSSR count). The molecule has 0 fully saturated rings. The molecule has 0 bridgehead atoms. The van der Waals surface area contributed by atoms with Crippen LogP contribution in [0.4, 0.5) is 5.00 Å². The number of esters is 1. The van der Waals surface area contributed by atoms with E-state index in [9.17, 15) is 14.4 Å². The Kier molecular flexibility index (Phi) is 5.08. The first kappa shape index (κ1) is 18.1. The van der Waals surface area contributed by atoms with Crippen LogP contribution in [0.2, 0.25) is 0 Å². The number of carbonyl (C=O) groups is 3. The molecule has 3 N–H and O–H groups in total. The molecule has 0 unspecified atom stereocenters. The van der Waals surface area contributed by atoms with Crippen molar-refractivity contribution < 1.29 is 19.1 Å². The normalized spacial score (nSPS) is 13.2. The van der Waals surface area contributed by atoms with Gasteiger partial charge >= 0.3 is 5.97 Å². The topological polar surface area (TPSA) is 116 Å². The molecule has 2 heterocycles. The van der Waals surface area contributed by atoms with E-state index >= 15 is 0 Å². The highest BCUT2D eigenvalue weighted by molar-refractivity contribution is 7.17. The highest BCUT2D eigenvalue weighted by Gasteiger charge is 2.25. The summed E-state index contributed by atoms with van der Waals surface area (Å²) in [5, 5.41) is 7.06. The molecule has 2 aromatic rings. The Morgan fingerprint density at radius 3 is 2.73 bits per heavy atom. The molecule has 2 amide bonds. The lowest BCUT2D eigenvalue weighted by molar-refractivity contribution is -0.119. The Balaban J connectivity index is 1.67. The third-order valence-electron chi connectivity index (χ3n) is 4.46. The second kappa shape index (κ2) is 7.28. The summed E-state index contributed by atoms with van der Waals surface area (Å²) in [6.07, 6.45) is 5.12. The molecule has 0 aromatic carbocycles. The molecule has 2 aromatic heterocycles. The van der Waals surface area contributed by atoms with E-state index in [1.54, 1.807) is 18.7 Å². The van der Waals surface area contributed by atoms with Gasteiger partial charge in [0, 0.05) is 17.6 Å². The first-order chi connectivity index (χ1) is 12.4. The van der Waals surface area contributed by atoms with Crippen LogP contribution in [0.3, 0.4) is 0 Å². The lowest BCUT2D eigenvalue weighted by atomic mass is 9.95. The van der Waals surface area contributed by atoms with Gasteiger partial charge in [-0.2, -0.15) is 5.10 Å². The van der Waals surface area contributed by atoms with Gasteiger partial charge in [-0.15, -0.1) is 11.3 Å². The van der Waals surface area contributed by atoms with Crippen LogP contribution >= 0.6 is 11.3 Å². The van der Waals surface area contributed by atoms with Gasteiger partial charge in [-0.1, -0.05) is 0 Å². The van der Waals surface area contributed by atoms with Crippen molar-refractivity contribution in [2.24, 2.45) is 12.8 Å². The molecule has 8 nitrogen and oxygen atoms in total. The van der Waals surface area contributed by atoms with Crippen molar-refractivity contribution in [2.75, 3.05) is 11.9 Å². The Morgan fingerprint density at radius 2 is 2.08 bits per heavy atom. The van der Waals surface area contributed by atoms with E-state index < -0.39 is 24.4 Å². The van der Waals surface area contributed by atoms with Crippen molar-refractivity contribution >= 4 is 34.1 Å². The summed E-state index contributed by atoms with van der Waals surface area (Å²) in [7, 11) is 1.71. The van der Waals surface area contributed by atoms with Gasteiger partial charge < -0.3 is 15.8 Å². The van der Waals surface area contributed by atoms with Crippen LogP contribution in [0.1, 0.15) is 49.7 Å². The number of aromatic nitrogens is 2. The third kappa shape index (κ3) is 3.48. The third-order valence-corrected chi connectivity index (χ3v) is 5.67. The Hall–Kier alpha value is -2.68. The van der Waals surface area contributed by atoms with Crippen LogP contribution < -0.4 is 11.1 Å². The Morgan fingerprint density at radius 1 is 1.35 bits per heavy atom. The largest absolute Gasteiger partial charge is 0.452 e. The van der Waals surface area contributed by atoms with Crippen molar-refractivity contribution in [3.63, 3.8) is 0 Å². The summed E-state index contributed by atoms with van der Waals surface area (Å²) < 4.78 is 6.59. The van der Waals surface area contributed by atoms with E-state index in [-0.39, 0.29) is 0 Å². The number of primary amides is 1. The van der Waals surface area contributed by atoms with E-state index in [0.29, 0.717) is 21.8 Å². The molecule has 0 saturated carbocycles. The minimum atomic E-state index is -0.619. The van der Waals surface area contributed by atoms with Crippen molar-refractivity contribution in [2.45, 2.75) is 32.6 Å². The van der Waals surface area contributed by atoms with Gasteiger partial charge in [0.25, 0.3) is 11.8 Å². The fraction of sp³-hybridized carbons (Fsp3) is 0.412. The lowest BCUT2D eigenvalue weighted by Gasteiger charge is -2.11. The van der Waals surface area contributed by atoms with Gasteiger partial charge in [0.15, 0.2) is 6.61 Å². The number of nitrogens with one attached hydrogen (secondary N) is 1. The predicted octanol–water partition coefficient (Wildman–Crippen LogP) is 1.56. The first-order valence-electron chi connectivity index (χ1n) is 8.28. The Bertz CT molecular complexity index is 884. The number of carbonyl (C=O) groups excluding carboxylic acids is 3. The molecule has 138 valence electrons. The molecule has 0 aliphatic heterocycles. The van der Waals surface area contributed by atoms with Crippen LogP contribution in [-0.4, -0.2) is 34.2 Å².